The molecule has 3 rings (SSSR count). The van der Waals surface area contributed by atoms with Crippen LogP contribution < -0.4 is 0 Å². The highest BCUT2D eigenvalue weighted by Crippen LogP contribution is 2.17. The average molecular weight is 348 g/mol. The maximum absolute atomic E-state index is 5.25. The van der Waals surface area contributed by atoms with Crippen molar-refractivity contribution in [2.24, 2.45) is 0 Å². The molecule has 0 bridgehead atoms. The molecule has 0 amide bonds. The van der Waals surface area contributed by atoms with E-state index in [-0.39, 0.29) is 0 Å². The topological polar surface area (TPSA) is 55.3 Å². The fourth-order valence-corrected chi connectivity index (χ4v) is 2.28. The summed E-state index contributed by atoms with van der Waals surface area (Å²) in [6.45, 7) is 1.40. The zero-order chi connectivity index (χ0) is 14.7. The van der Waals surface area contributed by atoms with Crippen molar-refractivity contribution in [1.29, 1.82) is 0 Å². The fourth-order valence-electron chi connectivity index (χ4n) is 2.01. The van der Waals surface area contributed by atoms with Gasteiger partial charge in [0.1, 0.15) is 0 Å². The van der Waals surface area contributed by atoms with Gasteiger partial charge < -0.3 is 8.94 Å². The van der Waals surface area contributed by atoms with Crippen LogP contribution in [0.2, 0.25) is 0 Å². The van der Waals surface area contributed by atoms with E-state index in [9.17, 15) is 0 Å². The summed E-state index contributed by atoms with van der Waals surface area (Å²) >= 11 is 3.43. The molecule has 0 radical (unpaired) electrons. The lowest BCUT2D eigenvalue weighted by Gasteiger charge is -2.13. The van der Waals surface area contributed by atoms with Crippen LogP contribution in [0.15, 0.2) is 56.1 Å². The Kier molecular flexibility index (Phi) is 4.17. The minimum atomic E-state index is 0.479. The summed E-state index contributed by atoms with van der Waals surface area (Å²) in [5.74, 6) is 1.66. The highest BCUT2D eigenvalue weighted by Gasteiger charge is 2.12. The number of furan rings is 1. The highest BCUT2D eigenvalue weighted by molar-refractivity contribution is 9.10. The molecule has 0 N–H and O–H groups in total. The van der Waals surface area contributed by atoms with E-state index < -0.39 is 0 Å². The molecule has 0 unspecified atom stereocenters. The molecular weight excluding hydrogens is 334 g/mol. The lowest BCUT2D eigenvalue weighted by atomic mass is 10.2. The smallest absolute Gasteiger partial charge is 0.241 e. The number of rotatable bonds is 5. The van der Waals surface area contributed by atoms with Crippen LogP contribution in [0.4, 0.5) is 0 Å². The summed E-state index contributed by atoms with van der Waals surface area (Å²) in [6.07, 6.45) is 1.59. The predicted molar refractivity (Wildman–Crippen MR) is 81.3 cm³/mol. The molecule has 2 heterocycles. The van der Waals surface area contributed by atoms with E-state index in [0.29, 0.717) is 24.0 Å². The van der Waals surface area contributed by atoms with E-state index in [1.807, 2.05) is 19.2 Å². The largest absolute Gasteiger partial charge is 0.461 e. The average Bonchev–Trinajstić information content (AvgIpc) is 3.12. The molecule has 0 aliphatic heterocycles. The Morgan fingerprint density at radius 1 is 1.14 bits per heavy atom. The molecule has 0 atom stereocenters. The summed E-state index contributed by atoms with van der Waals surface area (Å²) in [5, 5.41) is 3.92. The first-order valence-electron chi connectivity index (χ1n) is 6.50. The Morgan fingerprint density at radius 3 is 2.67 bits per heavy atom. The zero-order valence-corrected chi connectivity index (χ0v) is 13.1. The predicted octanol–water partition coefficient (Wildman–Crippen LogP) is 3.72. The molecular formula is C15H14BrN3O2. The Morgan fingerprint density at radius 2 is 1.95 bits per heavy atom. The van der Waals surface area contributed by atoms with Gasteiger partial charge in [0.25, 0.3) is 0 Å². The summed E-state index contributed by atoms with van der Waals surface area (Å²) in [4.78, 5) is 6.44. The summed E-state index contributed by atoms with van der Waals surface area (Å²) in [7, 11) is 2.01. The second-order valence-corrected chi connectivity index (χ2v) is 5.70. The van der Waals surface area contributed by atoms with Crippen molar-refractivity contribution in [3.8, 4) is 11.6 Å². The second-order valence-electron chi connectivity index (χ2n) is 4.79. The van der Waals surface area contributed by atoms with Crippen molar-refractivity contribution < 1.29 is 8.94 Å². The quantitative estimate of drug-likeness (QED) is 0.703. The molecule has 0 saturated heterocycles. The van der Waals surface area contributed by atoms with Crippen molar-refractivity contribution in [3.05, 3.63) is 58.6 Å². The van der Waals surface area contributed by atoms with Gasteiger partial charge in [0, 0.05) is 11.0 Å². The second kappa shape index (κ2) is 6.24. The van der Waals surface area contributed by atoms with Gasteiger partial charge in [0.15, 0.2) is 5.76 Å². The number of nitrogens with zero attached hydrogens (tertiary/aromatic N) is 3. The van der Waals surface area contributed by atoms with Crippen molar-refractivity contribution in [1.82, 2.24) is 15.0 Å². The molecule has 0 spiro atoms. The van der Waals surface area contributed by atoms with Gasteiger partial charge in [0.2, 0.25) is 11.7 Å². The van der Waals surface area contributed by atoms with E-state index in [4.69, 9.17) is 8.94 Å². The van der Waals surface area contributed by atoms with Crippen LogP contribution in [-0.2, 0) is 13.1 Å². The van der Waals surface area contributed by atoms with Crippen molar-refractivity contribution in [2.45, 2.75) is 13.1 Å². The molecule has 0 aliphatic carbocycles. The third-order valence-corrected chi connectivity index (χ3v) is 3.51. The third kappa shape index (κ3) is 3.59. The standard InChI is InChI=1S/C15H14BrN3O2/c1-19(9-11-4-6-12(16)7-5-11)10-14-17-15(18-21-14)13-3-2-8-20-13/h2-8H,9-10H2,1H3. The Balaban J connectivity index is 1.62. The first-order chi connectivity index (χ1) is 10.2. The Labute approximate surface area is 130 Å². The number of aromatic nitrogens is 2. The molecule has 3 aromatic rings. The molecule has 2 aromatic heterocycles. The Hall–Kier alpha value is -1.92. The summed E-state index contributed by atoms with van der Waals surface area (Å²) in [6, 6.07) is 11.8. The molecule has 6 heteroatoms. The fraction of sp³-hybridized carbons (Fsp3) is 0.200. The number of halogens is 1. The van der Waals surface area contributed by atoms with E-state index >= 15 is 0 Å². The minimum Gasteiger partial charge on any atom is -0.461 e. The zero-order valence-electron chi connectivity index (χ0n) is 11.5. The van der Waals surface area contributed by atoms with Gasteiger partial charge in [-0.2, -0.15) is 4.98 Å². The third-order valence-electron chi connectivity index (χ3n) is 2.98. The normalized spacial score (nSPS) is 11.2. The Bertz CT molecular complexity index is 692. The molecule has 1 aromatic carbocycles. The van der Waals surface area contributed by atoms with Gasteiger partial charge in [0.05, 0.1) is 12.8 Å². The maximum atomic E-state index is 5.25. The lowest BCUT2D eigenvalue weighted by molar-refractivity contribution is 0.261. The number of hydrogen-bond acceptors (Lipinski definition) is 5. The number of hydrogen-bond donors (Lipinski definition) is 0. The van der Waals surface area contributed by atoms with Gasteiger partial charge >= 0.3 is 0 Å². The van der Waals surface area contributed by atoms with Crippen LogP contribution in [0.3, 0.4) is 0 Å². The molecule has 5 nitrogen and oxygen atoms in total. The first-order valence-corrected chi connectivity index (χ1v) is 7.29. The van der Waals surface area contributed by atoms with Crippen LogP contribution in [0.25, 0.3) is 11.6 Å². The molecule has 21 heavy (non-hydrogen) atoms. The molecule has 0 fully saturated rings. The summed E-state index contributed by atoms with van der Waals surface area (Å²) in [5.41, 5.74) is 1.23. The monoisotopic (exact) mass is 347 g/mol. The van der Waals surface area contributed by atoms with Gasteiger partial charge in [-0.15, -0.1) is 0 Å². The van der Waals surface area contributed by atoms with E-state index in [1.54, 1.807) is 18.4 Å². The minimum absolute atomic E-state index is 0.479. The van der Waals surface area contributed by atoms with Crippen molar-refractivity contribution in [3.63, 3.8) is 0 Å². The van der Waals surface area contributed by atoms with E-state index in [1.165, 1.54) is 5.56 Å². The van der Waals surface area contributed by atoms with Crippen LogP contribution in [0.5, 0.6) is 0 Å². The van der Waals surface area contributed by atoms with Gasteiger partial charge in [-0.3, -0.25) is 4.90 Å². The highest BCUT2D eigenvalue weighted by atomic mass is 79.9. The van der Waals surface area contributed by atoms with Crippen LogP contribution >= 0.6 is 15.9 Å². The van der Waals surface area contributed by atoms with Gasteiger partial charge in [-0.1, -0.05) is 33.2 Å². The summed E-state index contributed by atoms with van der Waals surface area (Å²) < 4.78 is 11.6. The SMILES string of the molecule is CN(Cc1ccc(Br)cc1)Cc1nc(-c2ccco2)no1. The van der Waals surface area contributed by atoms with E-state index in [2.05, 4.69) is 43.1 Å². The lowest BCUT2D eigenvalue weighted by Crippen LogP contribution is -2.17. The van der Waals surface area contributed by atoms with E-state index in [0.717, 1.165) is 11.0 Å². The van der Waals surface area contributed by atoms with Crippen LogP contribution in [0, 0.1) is 0 Å². The van der Waals surface area contributed by atoms with Crippen molar-refractivity contribution in [2.75, 3.05) is 7.05 Å². The number of benzene rings is 1. The van der Waals surface area contributed by atoms with Crippen LogP contribution in [0.1, 0.15) is 11.5 Å². The maximum Gasteiger partial charge on any atom is 0.241 e. The van der Waals surface area contributed by atoms with Gasteiger partial charge in [-0.05, 0) is 36.9 Å². The van der Waals surface area contributed by atoms with Crippen LogP contribution in [-0.4, -0.2) is 22.1 Å². The molecule has 0 aliphatic rings. The molecule has 108 valence electrons. The van der Waals surface area contributed by atoms with Gasteiger partial charge in [-0.25, -0.2) is 0 Å². The van der Waals surface area contributed by atoms with Crippen molar-refractivity contribution >= 4 is 15.9 Å². The first kappa shape index (κ1) is 14.0. The molecule has 0 saturated carbocycles.